The maximum atomic E-state index is 4.35. The molecule has 1 aliphatic carbocycles. The predicted molar refractivity (Wildman–Crippen MR) is 89.2 cm³/mol. The molecular weight excluding hydrogens is 292 g/mol. The number of thiophene rings is 1. The van der Waals surface area contributed by atoms with Gasteiger partial charge in [0.2, 0.25) is 0 Å². The van der Waals surface area contributed by atoms with E-state index in [4.69, 9.17) is 0 Å². The van der Waals surface area contributed by atoms with Crippen molar-refractivity contribution in [3.63, 3.8) is 0 Å². The first-order valence-electron chi connectivity index (χ1n) is 8.55. The van der Waals surface area contributed by atoms with Crippen molar-refractivity contribution in [2.75, 3.05) is 13.1 Å². The van der Waals surface area contributed by atoms with Gasteiger partial charge >= 0.3 is 0 Å². The van der Waals surface area contributed by atoms with E-state index in [2.05, 4.69) is 32.2 Å². The van der Waals surface area contributed by atoms with Gasteiger partial charge in [-0.3, -0.25) is 10.00 Å². The van der Waals surface area contributed by atoms with Gasteiger partial charge in [-0.05, 0) is 50.3 Å². The first-order chi connectivity index (χ1) is 10.9. The van der Waals surface area contributed by atoms with Crippen LogP contribution in [0.5, 0.6) is 0 Å². The molecule has 22 heavy (non-hydrogen) atoms. The van der Waals surface area contributed by atoms with Gasteiger partial charge in [-0.25, -0.2) is 4.98 Å². The van der Waals surface area contributed by atoms with Gasteiger partial charge in [-0.2, -0.15) is 5.10 Å². The average molecular weight is 316 g/mol. The van der Waals surface area contributed by atoms with Crippen LogP contribution in [0, 0.1) is 0 Å². The third-order valence-electron chi connectivity index (χ3n) is 5.15. The van der Waals surface area contributed by atoms with Gasteiger partial charge in [0.15, 0.2) is 0 Å². The summed E-state index contributed by atoms with van der Waals surface area (Å²) in [6.45, 7) is 3.41. The lowest BCUT2D eigenvalue weighted by atomic mass is 9.97. The van der Waals surface area contributed by atoms with Gasteiger partial charge < -0.3 is 0 Å². The molecule has 1 aliphatic heterocycles. The third kappa shape index (κ3) is 3.10. The third-order valence-corrected chi connectivity index (χ3v) is 6.38. The zero-order chi connectivity index (χ0) is 14.8. The SMILES string of the molecule is c1n[nH]c(C2CCCN(Cc3ccc(C4CCCC4)s3)C2)n1. The van der Waals surface area contributed by atoms with Crippen molar-refractivity contribution in [3.05, 3.63) is 34.0 Å². The second kappa shape index (κ2) is 6.50. The van der Waals surface area contributed by atoms with Crippen molar-refractivity contribution in [1.82, 2.24) is 20.1 Å². The molecule has 3 heterocycles. The van der Waals surface area contributed by atoms with Crippen molar-refractivity contribution in [3.8, 4) is 0 Å². The highest BCUT2D eigenvalue weighted by Gasteiger charge is 2.24. The quantitative estimate of drug-likeness (QED) is 0.930. The van der Waals surface area contributed by atoms with Crippen molar-refractivity contribution in [2.24, 2.45) is 0 Å². The minimum Gasteiger partial charge on any atom is -0.298 e. The molecule has 1 unspecified atom stereocenters. The van der Waals surface area contributed by atoms with Gasteiger partial charge in [0.05, 0.1) is 0 Å². The monoisotopic (exact) mass is 316 g/mol. The molecule has 0 amide bonds. The number of aromatic amines is 1. The van der Waals surface area contributed by atoms with Crippen LogP contribution in [-0.2, 0) is 6.54 Å². The van der Waals surface area contributed by atoms with Crippen LogP contribution < -0.4 is 0 Å². The summed E-state index contributed by atoms with van der Waals surface area (Å²) in [5, 5.41) is 7.05. The van der Waals surface area contributed by atoms with Crippen LogP contribution in [0.1, 0.15) is 65.9 Å². The molecule has 0 aromatic carbocycles. The summed E-state index contributed by atoms with van der Waals surface area (Å²) in [5.74, 6) is 2.43. The number of rotatable bonds is 4. The first-order valence-corrected chi connectivity index (χ1v) is 9.36. The summed E-state index contributed by atoms with van der Waals surface area (Å²) in [6.07, 6.45) is 9.75. The molecular formula is C17H24N4S. The smallest absolute Gasteiger partial charge is 0.137 e. The Morgan fingerprint density at radius 2 is 2.00 bits per heavy atom. The molecule has 0 radical (unpaired) electrons. The summed E-state index contributed by atoms with van der Waals surface area (Å²) in [5.41, 5.74) is 0. The van der Waals surface area contributed by atoms with Gasteiger partial charge in [-0.1, -0.05) is 12.8 Å². The summed E-state index contributed by atoms with van der Waals surface area (Å²) in [4.78, 5) is 10.1. The van der Waals surface area contributed by atoms with Crippen molar-refractivity contribution < 1.29 is 0 Å². The van der Waals surface area contributed by atoms with Gasteiger partial charge in [0.1, 0.15) is 12.2 Å². The number of nitrogens with zero attached hydrogens (tertiary/aromatic N) is 3. The van der Waals surface area contributed by atoms with Gasteiger partial charge in [0, 0.05) is 28.8 Å². The molecule has 2 aromatic rings. The number of nitrogens with one attached hydrogen (secondary N) is 1. The van der Waals surface area contributed by atoms with Crippen LogP contribution in [0.4, 0.5) is 0 Å². The van der Waals surface area contributed by atoms with Crippen LogP contribution in [0.15, 0.2) is 18.5 Å². The Morgan fingerprint density at radius 3 is 2.82 bits per heavy atom. The van der Waals surface area contributed by atoms with E-state index in [1.807, 2.05) is 11.3 Å². The zero-order valence-corrected chi connectivity index (χ0v) is 13.8. The van der Waals surface area contributed by atoms with Crippen molar-refractivity contribution in [1.29, 1.82) is 0 Å². The van der Waals surface area contributed by atoms with Crippen LogP contribution in [0.3, 0.4) is 0 Å². The van der Waals surface area contributed by atoms with Gasteiger partial charge in [0.25, 0.3) is 0 Å². The Labute approximate surface area is 136 Å². The number of piperidine rings is 1. The van der Waals surface area contributed by atoms with E-state index in [1.54, 1.807) is 11.2 Å². The van der Waals surface area contributed by atoms with E-state index in [0.29, 0.717) is 5.92 Å². The van der Waals surface area contributed by atoms with Gasteiger partial charge in [-0.15, -0.1) is 11.3 Å². The first kappa shape index (κ1) is 14.4. The molecule has 0 bridgehead atoms. The molecule has 2 aromatic heterocycles. The summed E-state index contributed by atoms with van der Waals surface area (Å²) >= 11 is 2.05. The molecule has 118 valence electrons. The molecule has 4 nitrogen and oxygen atoms in total. The van der Waals surface area contributed by atoms with Crippen LogP contribution in [-0.4, -0.2) is 33.2 Å². The number of hydrogen-bond donors (Lipinski definition) is 1. The Bertz CT molecular complexity index is 586. The highest BCUT2D eigenvalue weighted by Crippen LogP contribution is 2.38. The second-order valence-corrected chi connectivity index (χ2v) is 7.93. The molecule has 0 spiro atoms. The van der Waals surface area contributed by atoms with Crippen LogP contribution >= 0.6 is 11.3 Å². The number of aromatic nitrogens is 3. The lowest BCUT2D eigenvalue weighted by Gasteiger charge is -2.31. The van der Waals surface area contributed by atoms with Crippen LogP contribution in [0.25, 0.3) is 0 Å². The maximum absolute atomic E-state index is 4.35. The normalized spacial score (nSPS) is 24.1. The Morgan fingerprint density at radius 1 is 1.14 bits per heavy atom. The van der Waals surface area contributed by atoms with E-state index in [0.717, 1.165) is 24.8 Å². The highest BCUT2D eigenvalue weighted by atomic mass is 32.1. The molecule has 1 saturated heterocycles. The van der Waals surface area contributed by atoms with Crippen molar-refractivity contribution >= 4 is 11.3 Å². The molecule has 1 saturated carbocycles. The predicted octanol–water partition coefficient (Wildman–Crippen LogP) is 3.90. The van der Waals surface area contributed by atoms with E-state index in [1.165, 1.54) is 49.9 Å². The highest BCUT2D eigenvalue weighted by molar-refractivity contribution is 7.12. The number of likely N-dealkylation sites (tertiary alicyclic amines) is 1. The lowest BCUT2D eigenvalue weighted by molar-refractivity contribution is 0.198. The Kier molecular flexibility index (Phi) is 4.26. The standard InChI is InChI=1S/C17H24N4S/c1-2-5-13(4-1)16-8-7-15(22-16)11-21-9-3-6-14(10-21)17-18-12-19-20-17/h7-8,12-14H,1-6,9-11H2,(H,18,19,20). The Balaban J connectivity index is 1.38. The Hall–Kier alpha value is -1.20. The van der Waals surface area contributed by atoms with E-state index in [9.17, 15) is 0 Å². The summed E-state index contributed by atoms with van der Waals surface area (Å²) in [6, 6.07) is 4.74. The minimum absolute atomic E-state index is 0.519. The summed E-state index contributed by atoms with van der Waals surface area (Å²) in [7, 11) is 0. The van der Waals surface area contributed by atoms with E-state index in [-0.39, 0.29) is 0 Å². The van der Waals surface area contributed by atoms with E-state index >= 15 is 0 Å². The molecule has 5 heteroatoms. The number of hydrogen-bond acceptors (Lipinski definition) is 4. The second-order valence-electron chi connectivity index (χ2n) is 6.73. The summed E-state index contributed by atoms with van der Waals surface area (Å²) < 4.78 is 0. The molecule has 2 aliphatic rings. The lowest BCUT2D eigenvalue weighted by Crippen LogP contribution is -2.34. The van der Waals surface area contributed by atoms with Crippen LogP contribution in [0.2, 0.25) is 0 Å². The number of H-pyrrole nitrogens is 1. The zero-order valence-electron chi connectivity index (χ0n) is 13.0. The minimum atomic E-state index is 0.519. The molecule has 1 N–H and O–H groups in total. The molecule has 1 atom stereocenters. The molecule has 4 rings (SSSR count). The van der Waals surface area contributed by atoms with E-state index < -0.39 is 0 Å². The largest absolute Gasteiger partial charge is 0.298 e. The topological polar surface area (TPSA) is 44.8 Å². The fourth-order valence-corrected chi connectivity index (χ4v) is 5.19. The fraction of sp³-hybridized carbons (Fsp3) is 0.647. The maximum Gasteiger partial charge on any atom is 0.137 e. The molecule has 2 fully saturated rings. The van der Waals surface area contributed by atoms with Crippen molar-refractivity contribution in [2.45, 2.75) is 56.9 Å². The fourth-order valence-electron chi connectivity index (χ4n) is 3.96. The average Bonchev–Trinajstić information content (AvgIpc) is 3.29.